The molecule has 2 rings (SSSR count). The number of carbonyl (C=O) groups excluding carboxylic acids is 1. The topological polar surface area (TPSA) is 105 Å². The van der Waals surface area contributed by atoms with Gasteiger partial charge in [0.25, 0.3) is 15.9 Å². The van der Waals surface area contributed by atoms with Crippen molar-refractivity contribution in [1.82, 2.24) is 9.29 Å². The Morgan fingerprint density at radius 1 is 1.20 bits per heavy atom. The first-order valence-corrected chi connectivity index (χ1v) is 9.23. The Bertz CT molecular complexity index is 869. The first-order chi connectivity index (χ1) is 11.8. The van der Waals surface area contributed by atoms with E-state index in [1.807, 2.05) is 13.8 Å². The molecule has 0 aliphatic heterocycles. The van der Waals surface area contributed by atoms with Crippen molar-refractivity contribution in [2.45, 2.75) is 37.6 Å². The van der Waals surface area contributed by atoms with Crippen LogP contribution in [0.1, 0.15) is 35.7 Å². The lowest BCUT2D eigenvalue weighted by atomic mass is 10.1. The average molecular weight is 364 g/mol. The highest BCUT2D eigenvalue weighted by atomic mass is 32.2. The summed E-state index contributed by atoms with van der Waals surface area (Å²) < 4.78 is 26.0. The Hall–Kier alpha value is -2.61. The Labute approximate surface area is 146 Å². The van der Waals surface area contributed by atoms with Crippen LogP contribution >= 0.6 is 0 Å². The van der Waals surface area contributed by atoms with Crippen LogP contribution in [0.2, 0.25) is 0 Å². The zero-order valence-corrected chi connectivity index (χ0v) is 14.8. The molecule has 0 bridgehead atoms. The van der Waals surface area contributed by atoms with Crippen molar-refractivity contribution in [3.05, 3.63) is 53.9 Å². The van der Waals surface area contributed by atoms with Crippen molar-refractivity contribution < 1.29 is 23.1 Å². The molecule has 1 atom stereocenters. The number of aliphatic carboxylic acids is 1. The monoisotopic (exact) mass is 364 g/mol. The number of hydrogen-bond acceptors (Lipinski definition) is 4. The van der Waals surface area contributed by atoms with Gasteiger partial charge in [0.2, 0.25) is 0 Å². The van der Waals surface area contributed by atoms with Crippen LogP contribution < -0.4 is 5.32 Å². The Kier molecular flexibility index (Phi) is 5.63. The van der Waals surface area contributed by atoms with Crippen molar-refractivity contribution in [2.75, 3.05) is 0 Å². The van der Waals surface area contributed by atoms with E-state index in [0.29, 0.717) is 12.8 Å². The smallest absolute Gasteiger partial charge is 0.326 e. The number of carboxylic acids is 1. The van der Waals surface area contributed by atoms with Gasteiger partial charge in [0.15, 0.2) is 0 Å². The van der Waals surface area contributed by atoms with Gasteiger partial charge in [-0.25, -0.2) is 17.2 Å². The molecule has 134 valence electrons. The van der Waals surface area contributed by atoms with E-state index in [1.54, 1.807) is 12.1 Å². The molecule has 7 nitrogen and oxygen atoms in total. The zero-order chi connectivity index (χ0) is 18.6. The van der Waals surface area contributed by atoms with E-state index in [4.69, 9.17) is 5.11 Å². The molecule has 1 unspecified atom stereocenters. The molecule has 1 amide bonds. The Morgan fingerprint density at radius 3 is 2.40 bits per heavy atom. The molecule has 0 aliphatic rings. The van der Waals surface area contributed by atoms with Crippen molar-refractivity contribution in [3.63, 3.8) is 0 Å². The zero-order valence-electron chi connectivity index (χ0n) is 14.0. The summed E-state index contributed by atoms with van der Waals surface area (Å²) in [6, 6.07) is 6.69. The first kappa shape index (κ1) is 18.7. The van der Waals surface area contributed by atoms with Crippen LogP contribution in [0.5, 0.6) is 0 Å². The van der Waals surface area contributed by atoms with Crippen LogP contribution in [-0.2, 0) is 14.8 Å². The number of carbonyl (C=O) groups is 2. The molecule has 25 heavy (non-hydrogen) atoms. The maximum absolute atomic E-state index is 12.6. The standard InChI is InChI=1S/C17H20N2O5S/c1-3-4-15(17(21)22)18-16(20)13-9-10-19(11-13)25(23,24)14-7-5-12(2)6-8-14/h5-11,15H,3-4H2,1-2H3,(H,18,20)(H,21,22). The molecular formula is C17H20N2O5S. The van der Waals surface area contributed by atoms with Crippen LogP contribution in [0.4, 0.5) is 0 Å². The normalized spacial score (nSPS) is 12.6. The second kappa shape index (κ2) is 7.52. The lowest BCUT2D eigenvalue weighted by Crippen LogP contribution is -2.40. The van der Waals surface area contributed by atoms with Gasteiger partial charge in [0.05, 0.1) is 10.5 Å². The molecule has 1 aromatic heterocycles. The lowest BCUT2D eigenvalue weighted by Gasteiger charge is -2.12. The highest BCUT2D eigenvalue weighted by Crippen LogP contribution is 2.16. The maximum atomic E-state index is 12.6. The van der Waals surface area contributed by atoms with Crippen LogP contribution in [0.15, 0.2) is 47.6 Å². The van der Waals surface area contributed by atoms with Crippen LogP contribution in [0.3, 0.4) is 0 Å². The van der Waals surface area contributed by atoms with Crippen molar-refractivity contribution in [3.8, 4) is 0 Å². The molecule has 1 heterocycles. The summed E-state index contributed by atoms with van der Waals surface area (Å²) in [7, 11) is -3.80. The number of carboxylic acid groups (broad SMARTS) is 1. The second-order valence-corrected chi connectivity index (χ2v) is 7.54. The van der Waals surface area contributed by atoms with Crippen molar-refractivity contribution in [1.29, 1.82) is 0 Å². The molecule has 0 aliphatic carbocycles. The fraction of sp³-hybridized carbons (Fsp3) is 0.294. The van der Waals surface area contributed by atoms with E-state index in [0.717, 1.165) is 9.54 Å². The average Bonchev–Trinajstić information content (AvgIpc) is 3.05. The van der Waals surface area contributed by atoms with Crippen molar-refractivity contribution >= 4 is 21.9 Å². The lowest BCUT2D eigenvalue weighted by molar-refractivity contribution is -0.139. The second-order valence-electron chi connectivity index (χ2n) is 5.70. The minimum Gasteiger partial charge on any atom is -0.480 e. The van der Waals surface area contributed by atoms with Gasteiger partial charge >= 0.3 is 5.97 Å². The van der Waals surface area contributed by atoms with Gasteiger partial charge in [-0.1, -0.05) is 31.0 Å². The van der Waals surface area contributed by atoms with Gasteiger partial charge in [0, 0.05) is 12.4 Å². The third kappa shape index (κ3) is 4.27. The van der Waals surface area contributed by atoms with E-state index in [-0.39, 0.29) is 10.5 Å². The van der Waals surface area contributed by atoms with Crippen LogP contribution in [-0.4, -0.2) is 35.4 Å². The fourth-order valence-electron chi connectivity index (χ4n) is 2.28. The van der Waals surface area contributed by atoms with Gasteiger partial charge in [0.1, 0.15) is 6.04 Å². The van der Waals surface area contributed by atoms with E-state index in [9.17, 15) is 18.0 Å². The minimum absolute atomic E-state index is 0.0815. The summed E-state index contributed by atoms with van der Waals surface area (Å²) >= 11 is 0. The largest absolute Gasteiger partial charge is 0.480 e. The van der Waals surface area contributed by atoms with Crippen LogP contribution in [0, 0.1) is 6.92 Å². The molecule has 0 fully saturated rings. The van der Waals surface area contributed by atoms with E-state index in [1.165, 1.54) is 30.6 Å². The molecule has 0 radical (unpaired) electrons. The number of aryl methyl sites for hydroxylation is 1. The minimum atomic E-state index is -3.80. The molecule has 0 saturated carbocycles. The Morgan fingerprint density at radius 2 is 1.84 bits per heavy atom. The third-order valence-electron chi connectivity index (χ3n) is 3.71. The first-order valence-electron chi connectivity index (χ1n) is 7.79. The van der Waals surface area contributed by atoms with Crippen molar-refractivity contribution in [2.24, 2.45) is 0 Å². The number of hydrogen-bond donors (Lipinski definition) is 2. The van der Waals surface area contributed by atoms with E-state index < -0.39 is 27.9 Å². The number of amides is 1. The number of benzene rings is 1. The number of nitrogens with zero attached hydrogens (tertiary/aromatic N) is 1. The van der Waals surface area contributed by atoms with Gasteiger partial charge in [-0.2, -0.15) is 0 Å². The molecule has 2 aromatic rings. The molecule has 2 N–H and O–H groups in total. The fourth-order valence-corrected chi connectivity index (χ4v) is 3.48. The summed E-state index contributed by atoms with van der Waals surface area (Å²) in [5.41, 5.74) is 1.01. The number of nitrogens with one attached hydrogen (secondary N) is 1. The number of aromatic nitrogens is 1. The summed E-state index contributed by atoms with van der Waals surface area (Å²) in [6.07, 6.45) is 3.33. The predicted molar refractivity (Wildman–Crippen MR) is 92.0 cm³/mol. The van der Waals surface area contributed by atoms with E-state index >= 15 is 0 Å². The predicted octanol–water partition coefficient (Wildman–Crippen LogP) is 2.02. The van der Waals surface area contributed by atoms with Gasteiger partial charge in [-0.05, 0) is 31.5 Å². The van der Waals surface area contributed by atoms with Gasteiger partial charge in [-0.3, -0.25) is 4.79 Å². The molecular weight excluding hydrogens is 344 g/mol. The Balaban J connectivity index is 2.22. The van der Waals surface area contributed by atoms with Crippen LogP contribution in [0.25, 0.3) is 0 Å². The number of rotatable bonds is 7. The maximum Gasteiger partial charge on any atom is 0.326 e. The highest BCUT2D eigenvalue weighted by Gasteiger charge is 2.22. The van der Waals surface area contributed by atoms with Gasteiger partial charge < -0.3 is 10.4 Å². The summed E-state index contributed by atoms with van der Waals surface area (Å²) in [6.45, 7) is 3.66. The molecule has 0 saturated heterocycles. The molecule has 8 heteroatoms. The molecule has 1 aromatic carbocycles. The third-order valence-corrected chi connectivity index (χ3v) is 5.36. The summed E-state index contributed by atoms with van der Waals surface area (Å²) in [4.78, 5) is 23.4. The van der Waals surface area contributed by atoms with Gasteiger partial charge in [-0.15, -0.1) is 0 Å². The quantitative estimate of drug-likeness (QED) is 0.782. The SMILES string of the molecule is CCCC(NC(=O)c1ccn(S(=O)(=O)c2ccc(C)cc2)c1)C(=O)O. The molecule has 0 spiro atoms. The summed E-state index contributed by atoms with van der Waals surface area (Å²) in [5.74, 6) is -1.75. The summed E-state index contributed by atoms with van der Waals surface area (Å²) in [5, 5.41) is 11.5. The van der Waals surface area contributed by atoms with E-state index in [2.05, 4.69) is 5.32 Å². The highest BCUT2D eigenvalue weighted by molar-refractivity contribution is 7.90.